The van der Waals surface area contributed by atoms with E-state index in [1.54, 1.807) is 57.2 Å². The highest BCUT2D eigenvalue weighted by Gasteiger charge is 2.25. The summed E-state index contributed by atoms with van der Waals surface area (Å²) in [5.41, 5.74) is 1.55. The number of rotatable bonds is 9. The minimum atomic E-state index is -3.81. The number of carbonyl (C=O) groups excluding carboxylic acids is 2. The van der Waals surface area contributed by atoms with Crippen LogP contribution in [0, 0.1) is 0 Å². The normalized spacial score (nSPS) is 12.6. The number of nitrogens with one attached hydrogen (secondary N) is 3. The molecule has 0 aliphatic carbocycles. The molecule has 0 bridgehead atoms. The molecule has 7 nitrogen and oxygen atoms in total. The van der Waals surface area contributed by atoms with Gasteiger partial charge in [0.1, 0.15) is 6.04 Å². The Kier molecular flexibility index (Phi) is 8.47. The van der Waals surface area contributed by atoms with Crippen LogP contribution in [0.2, 0.25) is 0 Å². The molecule has 0 aliphatic rings. The van der Waals surface area contributed by atoms with E-state index in [4.69, 9.17) is 0 Å². The van der Waals surface area contributed by atoms with Gasteiger partial charge in [-0.05, 0) is 44.0 Å². The number of amides is 2. The Balaban J connectivity index is 1.62. The molecule has 4 aromatic carbocycles. The summed E-state index contributed by atoms with van der Waals surface area (Å²) in [5, 5.41) is 6.89. The van der Waals surface area contributed by atoms with E-state index in [2.05, 4.69) is 15.4 Å². The van der Waals surface area contributed by atoms with Crippen molar-refractivity contribution in [2.75, 3.05) is 5.32 Å². The average Bonchev–Trinajstić information content (AvgIpc) is 2.88. The second-order valence-electron chi connectivity index (χ2n) is 10.5. The number of carbonyl (C=O) groups is 2. The third-order valence-electron chi connectivity index (χ3n) is 6.01. The van der Waals surface area contributed by atoms with Crippen LogP contribution in [0.4, 0.5) is 5.69 Å². The fourth-order valence-corrected chi connectivity index (χ4v) is 6.03. The van der Waals surface area contributed by atoms with Crippen LogP contribution in [0.3, 0.4) is 0 Å². The summed E-state index contributed by atoms with van der Waals surface area (Å²) in [6.45, 7) is 5.33. The van der Waals surface area contributed by atoms with Gasteiger partial charge in [0.2, 0.25) is 21.8 Å². The van der Waals surface area contributed by atoms with E-state index in [-0.39, 0.29) is 17.2 Å². The highest BCUT2D eigenvalue weighted by atomic mass is 32.2. The Morgan fingerprint density at radius 2 is 1.33 bits per heavy atom. The standard InChI is InChI=1S/C31H33N3O4S/c1-31(2,3)34-39(37,38)28-19-11-16-24-25(28)17-10-18-26(24)33-30(36)27(20-22-12-6-4-7-13-22)32-29(35)21-23-14-8-5-9-15-23/h4-19,27,34H,20-21H2,1-3H3,(H,32,35)(H,33,36). The van der Waals surface area contributed by atoms with E-state index in [0.29, 0.717) is 22.9 Å². The van der Waals surface area contributed by atoms with Crippen LogP contribution in [-0.2, 0) is 32.5 Å². The molecular formula is C31H33N3O4S. The highest BCUT2D eigenvalue weighted by Crippen LogP contribution is 2.29. The molecule has 1 unspecified atom stereocenters. The first-order valence-corrected chi connectivity index (χ1v) is 14.2. The largest absolute Gasteiger partial charge is 0.344 e. The molecule has 3 N–H and O–H groups in total. The van der Waals surface area contributed by atoms with Crippen molar-refractivity contribution in [2.24, 2.45) is 0 Å². The van der Waals surface area contributed by atoms with Crippen molar-refractivity contribution in [1.82, 2.24) is 10.0 Å². The molecule has 1 atom stereocenters. The summed E-state index contributed by atoms with van der Waals surface area (Å²) in [4.78, 5) is 26.6. The predicted octanol–water partition coefficient (Wildman–Crippen LogP) is 4.83. The average molecular weight is 544 g/mol. The van der Waals surface area contributed by atoms with Crippen molar-refractivity contribution in [3.63, 3.8) is 0 Å². The maximum Gasteiger partial charge on any atom is 0.247 e. The van der Waals surface area contributed by atoms with Gasteiger partial charge in [-0.1, -0.05) is 84.9 Å². The molecule has 4 aromatic rings. The Morgan fingerprint density at radius 3 is 1.97 bits per heavy atom. The third kappa shape index (κ3) is 7.52. The highest BCUT2D eigenvalue weighted by molar-refractivity contribution is 7.89. The van der Waals surface area contributed by atoms with Crippen molar-refractivity contribution in [3.8, 4) is 0 Å². The maximum atomic E-state index is 13.6. The molecule has 0 heterocycles. The Bertz CT molecular complexity index is 1560. The van der Waals surface area contributed by atoms with Crippen molar-refractivity contribution in [1.29, 1.82) is 0 Å². The molecule has 0 aromatic heterocycles. The van der Waals surface area contributed by atoms with Crippen LogP contribution in [0.5, 0.6) is 0 Å². The number of hydrogen-bond donors (Lipinski definition) is 3. The molecule has 0 fully saturated rings. The molecule has 0 aliphatic heterocycles. The van der Waals surface area contributed by atoms with Crippen LogP contribution in [0.1, 0.15) is 31.9 Å². The van der Waals surface area contributed by atoms with Crippen LogP contribution in [-0.4, -0.2) is 31.8 Å². The fourth-order valence-electron chi connectivity index (χ4n) is 4.39. The summed E-state index contributed by atoms with van der Waals surface area (Å²) in [5.74, 6) is -0.661. The van der Waals surface area contributed by atoms with Gasteiger partial charge < -0.3 is 10.6 Å². The number of fused-ring (bicyclic) bond motifs is 1. The fraction of sp³-hybridized carbons (Fsp3) is 0.226. The van der Waals surface area contributed by atoms with Gasteiger partial charge in [0.15, 0.2) is 0 Å². The van der Waals surface area contributed by atoms with Gasteiger partial charge in [-0.3, -0.25) is 9.59 Å². The molecule has 0 spiro atoms. The van der Waals surface area contributed by atoms with E-state index in [1.165, 1.54) is 0 Å². The SMILES string of the molecule is CC(C)(C)NS(=O)(=O)c1cccc2c(NC(=O)C(Cc3ccccc3)NC(=O)Cc3ccccc3)cccc12. The second-order valence-corrected chi connectivity index (χ2v) is 12.1. The van der Waals surface area contributed by atoms with Crippen LogP contribution in [0.25, 0.3) is 10.8 Å². The van der Waals surface area contributed by atoms with Crippen LogP contribution >= 0.6 is 0 Å². The molecule has 8 heteroatoms. The first-order valence-electron chi connectivity index (χ1n) is 12.8. The zero-order valence-electron chi connectivity index (χ0n) is 22.3. The number of anilines is 1. The Morgan fingerprint density at radius 1 is 0.744 bits per heavy atom. The van der Waals surface area contributed by atoms with E-state index < -0.39 is 27.5 Å². The molecule has 0 saturated heterocycles. The van der Waals surface area contributed by atoms with E-state index in [1.807, 2.05) is 60.7 Å². The van der Waals surface area contributed by atoms with Crippen LogP contribution in [0.15, 0.2) is 102 Å². The molecule has 39 heavy (non-hydrogen) atoms. The first-order chi connectivity index (χ1) is 18.5. The van der Waals surface area contributed by atoms with E-state index in [0.717, 1.165) is 11.1 Å². The number of hydrogen-bond acceptors (Lipinski definition) is 4. The minimum absolute atomic E-state index is 0.128. The van der Waals surface area contributed by atoms with Gasteiger partial charge in [-0.2, -0.15) is 0 Å². The topological polar surface area (TPSA) is 104 Å². The van der Waals surface area contributed by atoms with Gasteiger partial charge in [0.25, 0.3) is 0 Å². The maximum absolute atomic E-state index is 13.6. The van der Waals surface area contributed by atoms with Crippen molar-refractivity contribution in [3.05, 3.63) is 108 Å². The zero-order valence-corrected chi connectivity index (χ0v) is 23.1. The molecule has 2 amide bonds. The van der Waals surface area contributed by atoms with Gasteiger partial charge in [-0.15, -0.1) is 0 Å². The second kappa shape index (κ2) is 11.8. The van der Waals surface area contributed by atoms with E-state index in [9.17, 15) is 18.0 Å². The first kappa shape index (κ1) is 28.0. The lowest BCUT2D eigenvalue weighted by atomic mass is 10.0. The molecule has 4 rings (SSSR count). The zero-order chi connectivity index (χ0) is 28.0. The van der Waals surface area contributed by atoms with Crippen molar-refractivity contribution in [2.45, 2.75) is 50.1 Å². The quantitative estimate of drug-likeness (QED) is 0.281. The molecular weight excluding hydrogens is 510 g/mol. The van der Waals surface area contributed by atoms with Crippen molar-refractivity contribution >= 4 is 38.3 Å². The monoisotopic (exact) mass is 543 g/mol. The molecule has 202 valence electrons. The summed E-state index contributed by atoms with van der Waals surface area (Å²) >= 11 is 0. The van der Waals surface area contributed by atoms with Gasteiger partial charge in [-0.25, -0.2) is 13.1 Å². The lowest BCUT2D eigenvalue weighted by Crippen LogP contribution is -2.45. The van der Waals surface area contributed by atoms with E-state index >= 15 is 0 Å². The third-order valence-corrected chi connectivity index (χ3v) is 7.83. The predicted molar refractivity (Wildman–Crippen MR) is 155 cm³/mol. The Labute approximate surface area is 229 Å². The number of sulfonamides is 1. The summed E-state index contributed by atoms with van der Waals surface area (Å²) in [6.07, 6.45) is 0.447. The van der Waals surface area contributed by atoms with Gasteiger partial charge in [0.05, 0.1) is 11.3 Å². The minimum Gasteiger partial charge on any atom is -0.344 e. The van der Waals surface area contributed by atoms with Gasteiger partial charge >= 0.3 is 0 Å². The lowest BCUT2D eigenvalue weighted by molar-refractivity contribution is -0.126. The van der Waals surface area contributed by atoms with Crippen LogP contribution < -0.4 is 15.4 Å². The summed E-state index contributed by atoms with van der Waals surface area (Å²) in [6, 6.07) is 28.1. The van der Waals surface area contributed by atoms with Gasteiger partial charge in [0, 0.05) is 28.4 Å². The number of benzene rings is 4. The van der Waals surface area contributed by atoms with Crippen molar-refractivity contribution < 1.29 is 18.0 Å². The smallest absolute Gasteiger partial charge is 0.247 e. The molecule has 0 radical (unpaired) electrons. The lowest BCUT2D eigenvalue weighted by Gasteiger charge is -2.22. The Hall–Kier alpha value is -4.01. The summed E-state index contributed by atoms with van der Waals surface area (Å²) in [7, 11) is -3.81. The summed E-state index contributed by atoms with van der Waals surface area (Å²) < 4.78 is 29.0. The molecule has 0 saturated carbocycles.